The predicted molar refractivity (Wildman–Crippen MR) is 41.5 cm³/mol. The molecule has 0 aliphatic heterocycles. The summed E-state index contributed by atoms with van der Waals surface area (Å²) in [6.07, 6.45) is 0.760. The van der Waals surface area contributed by atoms with Gasteiger partial charge in [0, 0.05) is 0 Å². The average molecular weight is 143 g/mol. The lowest BCUT2D eigenvalue weighted by Crippen LogP contribution is -2.36. The largest absolute Gasteiger partial charge is 0.387 e. The third-order valence-corrected chi connectivity index (χ3v) is 1.17. The number of aliphatic hydroxyl groups is 1. The van der Waals surface area contributed by atoms with Crippen molar-refractivity contribution >= 4 is 5.71 Å². The normalized spacial score (nSPS) is 18.1. The molecular weight excluding hydrogens is 130 g/mol. The van der Waals surface area contributed by atoms with Gasteiger partial charge < -0.3 is 16.7 Å². The number of hydrogen-bond donors (Lipinski definition) is 3. The zero-order valence-corrected chi connectivity index (χ0v) is 5.99. The van der Waals surface area contributed by atoms with Crippen molar-refractivity contribution < 1.29 is 5.11 Å². The fourth-order valence-corrected chi connectivity index (χ4v) is 0.593. The van der Waals surface area contributed by atoms with Crippen molar-refractivity contribution in [1.82, 2.24) is 0 Å². The van der Waals surface area contributed by atoms with Crippen LogP contribution in [0.1, 0.15) is 6.92 Å². The Kier molecular flexibility index (Phi) is 3.68. The predicted octanol–water partition coefficient (Wildman–Crippen LogP) is -0.805. The van der Waals surface area contributed by atoms with E-state index in [4.69, 9.17) is 16.7 Å². The number of nitrogens with zero attached hydrogens (tertiary/aromatic N) is 1. The van der Waals surface area contributed by atoms with E-state index in [1.165, 1.54) is 6.08 Å². The monoisotopic (exact) mass is 143 g/mol. The van der Waals surface area contributed by atoms with Crippen molar-refractivity contribution in [3.8, 4) is 0 Å². The number of rotatable bonds is 3. The highest BCUT2D eigenvalue weighted by Crippen LogP contribution is 1.92. The van der Waals surface area contributed by atoms with Gasteiger partial charge in [0.05, 0.1) is 17.9 Å². The van der Waals surface area contributed by atoms with Gasteiger partial charge in [0.1, 0.15) is 0 Å². The fraction of sp³-hybridized carbons (Fsp3) is 0.500. The molecule has 0 bridgehead atoms. The summed E-state index contributed by atoms with van der Waals surface area (Å²) >= 11 is 0. The highest BCUT2D eigenvalue weighted by Gasteiger charge is 2.12. The molecule has 0 radical (unpaired) electrons. The SMILES string of the molecule is C=CC(N)/C(=N/N)[C@H](C)O. The Morgan fingerprint density at radius 3 is 2.40 bits per heavy atom. The van der Waals surface area contributed by atoms with Crippen LogP contribution in [0.4, 0.5) is 0 Å². The molecule has 0 spiro atoms. The van der Waals surface area contributed by atoms with Gasteiger partial charge in [-0.2, -0.15) is 5.10 Å². The van der Waals surface area contributed by atoms with Crippen molar-refractivity contribution in [2.75, 3.05) is 0 Å². The molecule has 0 fully saturated rings. The quantitative estimate of drug-likeness (QED) is 0.209. The first-order chi connectivity index (χ1) is 4.63. The smallest absolute Gasteiger partial charge is 0.0929 e. The van der Waals surface area contributed by atoms with Crippen LogP contribution in [0.25, 0.3) is 0 Å². The summed E-state index contributed by atoms with van der Waals surface area (Å²) < 4.78 is 0. The van der Waals surface area contributed by atoms with Gasteiger partial charge in [-0.3, -0.25) is 0 Å². The first-order valence-corrected chi connectivity index (χ1v) is 2.97. The number of nitrogens with two attached hydrogens (primary N) is 2. The van der Waals surface area contributed by atoms with E-state index >= 15 is 0 Å². The van der Waals surface area contributed by atoms with Gasteiger partial charge in [0.25, 0.3) is 0 Å². The third kappa shape index (κ3) is 2.16. The summed E-state index contributed by atoms with van der Waals surface area (Å²) in [5.41, 5.74) is 5.78. The molecule has 0 amide bonds. The molecule has 4 heteroatoms. The van der Waals surface area contributed by atoms with Crippen LogP contribution in [0.3, 0.4) is 0 Å². The minimum atomic E-state index is -0.710. The molecule has 0 heterocycles. The van der Waals surface area contributed by atoms with Gasteiger partial charge in [-0.05, 0) is 6.92 Å². The molecule has 0 aliphatic carbocycles. The maximum absolute atomic E-state index is 8.98. The lowest BCUT2D eigenvalue weighted by atomic mass is 10.1. The Balaban J connectivity index is 4.22. The summed E-state index contributed by atoms with van der Waals surface area (Å²) in [6, 6.07) is -0.454. The molecule has 58 valence electrons. The average Bonchev–Trinajstić information content (AvgIpc) is 1.88. The molecule has 0 aliphatic rings. The third-order valence-electron chi connectivity index (χ3n) is 1.17. The summed E-state index contributed by atoms with van der Waals surface area (Å²) in [4.78, 5) is 0. The van der Waals surface area contributed by atoms with Crippen LogP contribution in [0.15, 0.2) is 17.8 Å². The van der Waals surface area contributed by atoms with Crippen molar-refractivity contribution in [1.29, 1.82) is 0 Å². The van der Waals surface area contributed by atoms with E-state index in [-0.39, 0.29) is 0 Å². The topological polar surface area (TPSA) is 84.6 Å². The van der Waals surface area contributed by atoms with Gasteiger partial charge >= 0.3 is 0 Å². The Morgan fingerprint density at radius 1 is 1.80 bits per heavy atom. The summed E-state index contributed by atoms with van der Waals surface area (Å²) in [5, 5.41) is 12.3. The van der Waals surface area contributed by atoms with Crippen LogP contribution in [0, 0.1) is 0 Å². The van der Waals surface area contributed by atoms with E-state index in [2.05, 4.69) is 11.7 Å². The van der Waals surface area contributed by atoms with Gasteiger partial charge in [-0.25, -0.2) is 0 Å². The van der Waals surface area contributed by atoms with Crippen LogP contribution in [-0.2, 0) is 0 Å². The van der Waals surface area contributed by atoms with Crippen LogP contribution in [0.2, 0.25) is 0 Å². The molecule has 2 atom stereocenters. The van der Waals surface area contributed by atoms with Crippen LogP contribution in [-0.4, -0.2) is 23.0 Å². The van der Waals surface area contributed by atoms with E-state index in [1.54, 1.807) is 6.92 Å². The van der Waals surface area contributed by atoms with Gasteiger partial charge in [-0.15, -0.1) is 6.58 Å². The van der Waals surface area contributed by atoms with Crippen molar-refractivity contribution in [2.24, 2.45) is 16.7 Å². The van der Waals surface area contributed by atoms with E-state index in [1.807, 2.05) is 0 Å². The first kappa shape index (κ1) is 9.13. The molecular formula is C6H13N3O. The molecule has 4 nitrogen and oxygen atoms in total. The highest BCUT2D eigenvalue weighted by atomic mass is 16.3. The number of hydrogen-bond acceptors (Lipinski definition) is 4. The molecule has 1 unspecified atom stereocenters. The van der Waals surface area contributed by atoms with Gasteiger partial charge in [0.2, 0.25) is 0 Å². The maximum Gasteiger partial charge on any atom is 0.0929 e. The number of aliphatic hydroxyl groups excluding tert-OH is 1. The second-order valence-electron chi connectivity index (χ2n) is 1.99. The van der Waals surface area contributed by atoms with E-state index in [0.717, 1.165) is 0 Å². The molecule has 0 aromatic rings. The van der Waals surface area contributed by atoms with Crippen molar-refractivity contribution in [3.63, 3.8) is 0 Å². The molecule has 10 heavy (non-hydrogen) atoms. The lowest BCUT2D eigenvalue weighted by molar-refractivity contribution is 0.259. The lowest BCUT2D eigenvalue weighted by Gasteiger charge is -2.11. The van der Waals surface area contributed by atoms with Crippen LogP contribution < -0.4 is 11.6 Å². The van der Waals surface area contributed by atoms with Crippen LogP contribution in [0.5, 0.6) is 0 Å². The zero-order valence-electron chi connectivity index (χ0n) is 5.99. The molecule has 0 aromatic heterocycles. The fourth-order valence-electron chi connectivity index (χ4n) is 0.593. The van der Waals surface area contributed by atoms with E-state index in [9.17, 15) is 0 Å². The zero-order chi connectivity index (χ0) is 8.15. The first-order valence-electron chi connectivity index (χ1n) is 2.97. The second kappa shape index (κ2) is 4.03. The minimum Gasteiger partial charge on any atom is -0.387 e. The van der Waals surface area contributed by atoms with Crippen molar-refractivity contribution in [3.05, 3.63) is 12.7 Å². The summed E-state index contributed by atoms with van der Waals surface area (Å²) in [5.74, 6) is 4.95. The Bertz CT molecular complexity index is 142. The molecule has 0 saturated heterocycles. The summed E-state index contributed by atoms with van der Waals surface area (Å²) in [6.45, 7) is 4.99. The molecule has 0 aromatic carbocycles. The minimum absolute atomic E-state index is 0.343. The Hall–Kier alpha value is -0.870. The van der Waals surface area contributed by atoms with E-state index < -0.39 is 12.1 Å². The highest BCUT2D eigenvalue weighted by molar-refractivity contribution is 5.94. The van der Waals surface area contributed by atoms with Crippen LogP contribution >= 0.6 is 0 Å². The van der Waals surface area contributed by atoms with Crippen molar-refractivity contribution in [2.45, 2.75) is 19.1 Å². The maximum atomic E-state index is 8.98. The Morgan fingerprint density at radius 2 is 2.30 bits per heavy atom. The molecule has 0 saturated carbocycles. The standard InChI is InChI=1S/C6H13N3O/c1-3-5(7)6(9-8)4(2)10/h3-5,10H,1,7-8H2,2H3/b9-6+/t4-,5?/m0/s1. The molecule has 0 rings (SSSR count). The second-order valence-corrected chi connectivity index (χ2v) is 1.99. The van der Waals surface area contributed by atoms with E-state index in [0.29, 0.717) is 5.71 Å². The van der Waals surface area contributed by atoms with Gasteiger partial charge in [0.15, 0.2) is 0 Å². The number of hydrazone groups is 1. The van der Waals surface area contributed by atoms with Gasteiger partial charge in [-0.1, -0.05) is 6.08 Å². The summed E-state index contributed by atoms with van der Waals surface area (Å²) in [7, 11) is 0. The Labute approximate surface area is 60.2 Å². The molecule has 5 N–H and O–H groups in total.